The number of likely N-dealkylation sites (tertiary alicyclic amines) is 1. The van der Waals surface area contributed by atoms with Crippen LogP contribution in [0.4, 0.5) is 5.69 Å². The van der Waals surface area contributed by atoms with E-state index in [9.17, 15) is 4.79 Å². The highest BCUT2D eigenvalue weighted by molar-refractivity contribution is 5.92. The molecule has 1 amide bonds. The third kappa shape index (κ3) is 6.19. The van der Waals surface area contributed by atoms with Gasteiger partial charge in [-0.05, 0) is 68.4 Å². The van der Waals surface area contributed by atoms with E-state index in [4.69, 9.17) is 18.7 Å². The fourth-order valence-corrected chi connectivity index (χ4v) is 3.99. The molecular weight excluding hydrogens is 448 g/mol. The van der Waals surface area contributed by atoms with Crippen molar-refractivity contribution in [3.63, 3.8) is 0 Å². The maximum absolute atomic E-state index is 12.7. The summed E-state index contributed by atoms with van der Waals surface area (Å²) >= 11 is 0. The number of piperidine rings is 1. The Hall–Kier alpha value is -3.85. The number of rotatable bonds is 10. The molecular formula is C26H30N4O5. The van der Waals surface area contributed by atoms with Gasteiger partial charge in [-0.1, -0.05) is 17.8 Å². The van der Waals surface area contributed by atoms with Crippen molar-refractivity contribution in [2.45, 2.75) is 19.4 Å². The zero-order valence-corrected chi connectivity index (χ0v) is 20.0. The lowest BCUT2D eigenvalue weighted by Crippen LogP contribution is -2.37. The Kier molecular flexibility index (Phi) is 7.99. The van der Waals surface area contributed by atoms with Crippen molar-refractivity contribution in [2.24, 2.45) is 5.92 Å². The molecule has 2 aromatic carbocycles. The van der Waals surface area contributed by atoms with Gasteiger partial charge >= 0.3 is 0 Å². The summed E-state index contributed by atoms with van der Waals surface area (Å²) in [6.07, 6.45) is 3.23. The van der Waals surface area contributed by atoms with Crippen molar-refractivity contribution in [2.75, 3.05) is 39.2 Å². The number of nitrogens with one attached hydrogen (secondary N) is 1. The van der Waals surface area contributed by atoms with Gasteiger partial charge in [-0.2, -0.15) is 4.98 Å². The summed E-state index contributed by atoms with van der Waals surface area (Å²) in [5, 5.41) is 7.11. The smallest absolute Gasteiger partial charge is 0.241 e. The number of anilines is 1. The molecule has 9 heteroatoms. The van der Waals surface area contributed by atoms with Gasteiger partial charge in [0.15, 0.2) is 11.5 Å². The van der Waals surface area contributed by atoms with Crippen molar-refractivity contribution >= 4 is 11.6 Å². The maximum atomic E-state index is 12.7. The van der Waals surface area contributed by atoms with Crippen LogP contribution in [0.25, 0.3) is 11.4 Å². The van der Waals surface area contributed by atoms with Gasteiger partial charge in [0.25, 0.3) is 0 Å². The highest BCUT2D eigenvalue weighted by Gasteiger charge is 2.26. The van der Waals surface area contributed by atoms with Gasteiger partial charge in [-0.3, -0.25) is 9.69 Å². The fourth-order valence-electron chi connectivity index (χ4n) is 3.99. The van der Waals surface area contributed by atoms with Gasteiger partial charge in [0.05, 0.1) is 20.8 Å². The number of ether oxygens (including phenoxy) is 3. The lowest BCUT2D eigenvalue weighted by Gasteiger charge is -2.30. The summed E-state index contributed by atoms with van der Waals surface area (Å²) in [5.41, 5.74) is 1.55. The molecule has 1 aliphatic rings. The molecule has 2 heterocycles. The predicted molar refractivity (Wildman–Crippen MR) is 132 cm³/mol. The van der Waals surface area contributed by atoms with Crippen LogP contribution in [0.1, 0.15) is 18.7 Å². The minimum atomic E-state index is -0.0343. The van der Waals surface area contributed by atoms with Crippen LogP contribution in [-0.4, -0.2) is 54.9 Å². The first-order chi connectivity index (χ1) is 17.1. The number of benzene rings is 2. The lowest BCUT2D eigenvalue weighted by molar-refractivity contribution is -0.121. The zero-order chi connectivity index (χ0) is 24.6. The Bertz CT molecular complexity index is 1140. The second-order valence-electron chi connectivity index (χ2n) is 8.25. The van der Waals surface area contributed by atoms with Crippen molar-refractivity contribution in [1.29, 1.82) is 0 Å². The molecule has 0 aliphatic carbocycles. The molecule has 1 aliphatic heterocycles. The van der Waals surface area contributed by atoms with Crippen LogP contribution in [-0.2, 0) is 11.3 Å². The summed E-state index contributed by atoms with van der Waals surface area (Å²) in [4.78, 5) is 19.5. The Morgan fingerprint density at radius 3 is 2.57 bits per heavy atom. The zero-order valence-electron chi connectivity index (χ0n) is 20.0. The first kappa shape index (κ1) is 24.3. The molecule has 0 spiro atoms. The van der Waals surface area contributed by atoms with E-state index in [1.165, 1.54) is 0 Å². The molecule has 0 unspecified atom stereocenters. The fraction of sp³-hybridized carbons (Fsp3) is 0.346. The molecule has 184 valence electrons. The van der Waals surface area contributed by atoms with Gasteiger partial charge in [0, 0.05) is 17.2 Å². The quantitative estimate of drug-likeness (QED) is 0.434. The van der Waals surface area contributed by atoms with Crippen molar-refractivity contribution < 1.29 is 23.5 Å². The van der Waals surface area contributed by atoms with Crippen LogP contribution >= 0.6 is 0 Å². The van der Waals surface area contributed by atoms with E-state index in [1.807, 2.05) is 42.5 Å². The summed E-state index contributed by atoms with van der Waals surface area (Å²) in [6.45, 7) is 6.18. The van der Waals surface area contributed by atoms with E-state index in [0.29, 0.717) is 36.4 Å². The highest BCUT2D eigenvalue weighted by atomic mass is 16.5. The number of methoxy groups -OCH3 is 2. The third-order valence-corrected chi connectivity index (χ3v) is 5.92. The van der Waals surface area contributed by atoms with Crippen LogP contribution in [0.15, 0.2) is 59.6 Å². The van der Waals surface area contributed by atoms with E-state index in [2.05, 4.69) is 26.9 Å². The van der Waals surface area contributed by atoms with E-state index < -0.39 is 0 Å². The summed E-state index contributed by atoms with van der Waals surface area (Å²) in [6, 6.07) is 12.9. The molecule has 1 N–H and O–H groups in total. The molecule has 1 aromatic heterocycles. The van der Waals surface area contributed by atoms with E-state index in [1.54, 1.807) is 20.3 Å². The van der Waals surface area contributed by atoms with Gasteiger partial charge in [-0.25, -0.2) is 0 Å². The summed E-state index contributed by atoms with van der Waals surface area (Å²) < 4.78 is 21.6. The minimum absolute atomic E-state index is 0.0343. The van der Waals surface area contributed by atoms with E-state index >= 15 is 0 Å². The van der Waals surface area contributed by atoms with Gasteiger partial charge in [-0.15, -0.1) is 0 Å². The molecule has 1 fully saturated rings. The number of hydrogen-bond donors (Lipinski definition) is 1. The number of carbonyl (C=O) groups excluding carboxylic acids is 1. The molecule has 0 bridgehead atoms. The largest absolute Gasteiger partial charge is 0.493 e. The third-order valence-electron chi connectivity index (χ3n) is 5.92. The van der Waals surface area contributed by atoms with Gasteiger partial charge in [0.1, 0.15) is 12.4 Å². The van der Waals surface area contributed by atoms with Crippen LogP contribution in [0.5, 0.6) is 17.2 Å². The topological polar surface area (TPSA) is 99.0 Å². The molecule has 35 heavy (non-hydrogen) atoms. The molecule has 0 radical (unpaired) electrons. The maximum Gasteiger partial charge on any atom is 0.241 e. The summed E-state index contributed by atoms with van der Waals surface area (Å²) in [7, 11) is 3.18. The Morgan fingerprint density at radius 2 is 1.89 bits per heavy atom. The standard InChI is InChI=1S/C26H30N4O5/c1-4-15-34-21-8-6-20(7-9-21)27-26(31)18-11-13-30(14-12-18)17-24-28-25(29-35-24)19-5-10-22(32-2)23(16-19)33-3/h4-10,16,18H,1,11-15,17H2,2-3H3,(H,27,31). The van der Waals surface area contributed by atoms with Gasteiger partial charge < -0.3 is 24.1 Å². The Morgan fingerprint density at radius 1 is 1.14 bits per heavy atom. The monoisotopic (exact) mass is 478 g/mol. The van der Waals surface area contributed by atoms with Crippen LogP contribution < -0.4 is 19.5 Å². The van der Waals surface area contributed by atoms with E-state index in [-0.39, 0.29) is 11.8 Å². The van der Waals surface area contributed by atoms with Crippen molar-refractivity contribution in [1.82, 2.24) is 15.0 Å². The average molecular weight is 479 g/mol. The molecule has 3 aromatic rings. The number of carbonyl (C=O) groups is 1. The number of aromatic nitrogens is 2. The molecule has 0 saturated carbocycles. The van der Waals surface area contributed by atoms with Crippen LogP contribution in [0, 0.1) is 5.92 Å². The van der Waals surface area contributed by atoms with E-state index in [0.717, 1.165) is 42.9 Å². The molecule has 1 saturated heterocycles. The minimum Gasteiger partial charge on any atom is -0.493 e. The van der Waals surface area contributed by atoms with Crippen LogP contribution in [0.3, 0.4) is 0 Å². The second-order valence-corrected chi connectivity index (χ2v) is 8.25. The highest BCUT2D eigenvalue weighted by Crippen LogP contribution is 2.31. The van der Waals surface area contributed by atoms with Crippen molar-refractivity contribution in [3.05, 3.63) is 61.0 Å². The normalized spacial score (nSPS) is 14.3. The first-order valence-corrected chi connectivity index (χ1v) is 11.5. The number of amides is 1. The van der Waals surface area contributed by atoms with Crippen molar-refractivity contribution in [3.8, 4) is 28.6 Å². The predicted octanol–water partition coefficient (Wildman–Crippen LogP) is 4.17. The molecule has 4 rings (SSSR count). The second kappa shape index (κ2) is 11.5. The summed E-state index contributed by atoms with van der Waals surface area (Å²) in [5.74, 6) is 3.03. The lowest BCUT2D eigenvalue weighted by atomic mass is 9.96. The Labute approximate surface area is 204 Å². The Balaban J connectivity index is 1.27. The number of nitrogens with zero attached hydrogens (tertiary/aromatic N) is 3. The SMILES string of the molecule is C=CCOc1ccc(NC(=O)C2CCN(Cc3nc(-c4ccc(OC)c(OC)c4)no3)CC2)cc1. The van der Waals surface area contributed by atoms with Gasteiger partial charge in [0.2, 0.25) is 17.6 Å². The first-order valence-electron chi connectivity index (χ1n) is 11.5. The average Bonchev–Trinajstić information content (AvgIpc) is 3.36. The van der Waals surface area contributed by atoms with Crippen LogP contribution in [0.2, 0.25) is 0 Å². The molecule has 9 nitrogen and oxygen atoms in total. The molecule has 0 atom stereocenters. The number of hydrogen-bond acceptors (Lipinski definition) is 8.